The second-order valence-corrected chi connectivity index (χ2v) is 6.00. The normalized spacial score (nSPS) is 58.0. The quantitative estimate of drug-likeness (QED) is 0.569. The Hall–Kier alpha value is 0.270. The fourth-order valence-corrected chi connectivity index (χ4v) is 4.53. The molecule has 0 bridgehead atoms. The van der Waals surface area contributed by atoms with Crippen LogP contribution >= 0.6 is 11.8 Å². The van der Waals surface area contributed by atoms with E-state index in [-0.39, 0.29) is 5.72 Å². The minimum absolute atomic E-state index is 0.0862. The molecule has 3 fully saturated rings. The number of hydrogen-bond donors (Lipinski definition) is 0. The lowest BCUT2D eigenvalue weighted by Crippen LogP contribution is -2.45. The molecule has 0 saturated carbocycles. The molecular formula is C9H15NOS. The highest BCUT2D eigenvalue weighted by atomic mass is 32.2. The maximum atomic E-state index is 5.88. The molecule has 3 aliphatic rings. The highest BCUT2D eigenvalue weighted by Crippen LogP contribution is 2.56. The Morgan fingerprint density at radius 2 is 2.25 bits per heavy atom. The van der Waals surface area contributed by atoms with E-state index in [2.05, 4.69) is 30.5 Å². The molecule has 3 unspecified atom stereocenters. The summed E-state index contributed by atoms with van der Waals surface area (Å²) in [6, 6.07) is 0.701. The van der Waals surface area contributed by atoms with E-state index < -0.39 is 0 Å². The molecule has 0 radical (unpaired) electrons. The third kappa shape index (κ3) is 0.709. The second kappa shape index (κ2) is 2.02. The van der Waals surface area contributed by atoms with Crippen LogP contribution < -0.4 is 0 Å². The fourth-order valence-electron chi connectivity index (χ4n) is 3.01. The van der Waals surface area contributed by atoms with Crippen LogP contribution in [0.3, 0.4) is 0 Å². The van der Waals surface area contributed by atoms with E-state index in [1.54, 1.807) is 0 Å². The third-order valence-electron chi connectivity index (χ3n) is 3.61. The van der Waals surface area contributed by atoms with Gasteiger partial charge in [0.1, 0.15) is 5.72 Å². The van der Waals surface area contributed by atoms with Crippen LogP contribution in [0.4, 0.5) is 0 Å². The standard InChI is InChI=1S/C9H15NOS/c1-8-3-4-9(2)10(8)7(5-11-8)6-12-9/h7H,3-6H2,1-2H3. The Morgan fingerprint density at radius 3 is 3.08 bits per heavy atom. The van der Waals surface area contributed by atoms with Crippen molar-refractivity contribution in [3.8, 4) is 0 Å². The third-order valence-corrected chi connectivity index (χ3v) is 5.18. The van der Waals surface area contributed by atoms with Gasteiger partial charge in [-0.3, -0.25) is 4.90 Å². The molecule has 0 N–H and O–H groups in total. The lowest BCUT2D eigenvalue weighted by molar-refractivity contribution is -0.0539. The van der Waals surface area contributed by atoms with Crippen LogP contribution in [0.5, 0.6) is 0 Å². The van der Waals surface area contributed by atoms with E-state index in [4.69, 9.17) is 4.74 Å². The van der Waals surface area contributed by atoms with E-state index in [1.165, 1.54) is 18.6 Å². The lowest BCUT2D eigenvalue weighted by Gasteiger charge is -2.33. The van der Waals surface area contributed by atoms with Gasteiger partial charge in [-0.25, -0.2) is 0 Å². The summed E-state index contributed by atoms with van der Waals surface area (Å²) in [6.07, 6.45) is 2.51. The van der Waals surface area contributed by atoms with Gasteiger partial charge in [0.05, 0.1) is 11.5 Å². The van der Waals surface area contributed by atoms with E-state index in [9.17, 15) is 0 Å². The largest absolute Gasteiger partial charge is 0.359 e. The van der Waals surface area contributed by atoms with Crippen molar-refractivity contribution in [2.24, 2.45) is 0 Å². The Labute approximate surface area is 77.6 Å². The Balaban J connectivity index is 2.05. The van der Waals surface area contributed by atoms with Crippen LogP contribution in [-0.2, 0) is 4.74 Å². The fraction of sp³-hybridized carbons (Fsp3) is 1.00. The van der Waals surface area contributed by atoms with E-state index in [1.807, 2.05) is 0 Å². The molecule has 0 aromatic heterocycles. The van der Waals surface area contributed by atoms with Crippen LogP contribution in [0.1, 0.15) is 26.7 Å². The number of thioether (sulfide) groups is 1. The van der Waals surface area contributed by atoms with E-state index >= 15 is 0 Å². The molecule has 68 valence electrons. The molecular weight excluding hydrogens is 170 g/mol. The summed E-state index contributed by atoms with van der Waals surface area (Å²) in [5, 5.41) is 0. The van der Waals surface area contributed by atoms with Crippen molar-refractivity contribution in [3.05, 3.63) is 0 Å². The molecule has 0 amide bonds. The van der Waals surface area contributed by atoms with Gasteiger partial charge in [-0.1, -0.05) is 0 Å². The van der Waals surface area contributed by atoms with Crippen LogP contribution in [0.25, 0.3) is 0 Å². The van der Waals surface area contributed by atoms with Crippen LogP contribution in [0.15, 0.2) is 0 Å². The minimum Gasteiger partial charge on any atom is -0.359 e. The highest BCUT2D eigenvalue weighted by Gasteiger charge is 2.61. The Kier molecular flexibility index (Phi) is 1.29. The first-order chi connectivity index (χ1) is 5.64. The molecule has 3 rings (SSSR count). The summed E-state index contributed by atoms with van der Waals surface area (Å²) in [5.74, 6) is 1.27. The number of hydrogen-bond acceptors (Lipinski definition) is 3. The van der Waals surface area contributed by atoms with Gasteiger partial charge in [-0.05, 0) is 26.7 Å². The molecule has 3 heterocycles. The smallest absolute Gasteiger partial charge is 0.120 e. The molecule has 2 nitrogen and oxygen atoms in total. The van der Waals surface area contributed by atoms with Gasteiger partial charge >= 0.3 is 0 Å². The van der Waals surface area contributed by atoms with Crippen molar-refractivity contribution in [1.82, 2.24) is 4.90 Å². The van der Waals surface area contributed by atoms with Crippen LogP contribution in [-0.4, -0.2) is 33.9 Å². The first kappa shape index (κ1) is 7.65. The first-order valence-corrected chi connectivity index (χ1v) is 5.70. The van der Waals surface area contributed by atoms with Crippen molar-refractivity contribution in [2.45, 2.75) is 43.3 Å². The van der Waals surface area contributed by atoms with Crippen molar-refractivity contribution in [1.29, 1.82) is 0 Å². The first-order valence-electron chi connectivity index (χ1n) is 4.71. The zero-order chi connectivity index (χ0) is 8.40. The van der Waals surface area contributed by atoms with Gasteiger partial charge in [0.25, 0.3) is 0 Å². The molecule has 12 heavy (non-hydrogen) atoms. The summed E-state index contributed by atoms with van der Waals surface area (Å²) in [4.78, 5) is 3.01. The topological polar surface area (TPSA) is 12.5 Å². The van der Waals surface area contributed by atoms with Crippen molar-refractivity contribution >= 4 is 11.8 Å². The molecule has 0 aromatic rings. The van der Waals surface area contributed by atoms with E-state index in [0.29, 0.717) is 10.9 Å². The summed E-state index contributed by atoms with van der Waals surface area (Å²) in [6.45, 7) is 5.58. The van der Waals surface area contributed by atoms with Crippen LogP contribution in [0, 0.1) is 0 Å². The summed E-state index contributed by atoms with van der Waals surface area (Å²) >= 11 is 2.12. The molecule has 0 aromatic carbocycles. The molecule has 3 aliphatic heterocycles. The SMILES string of the molecule is CC12CCC3(C)SCC(CO1)N23. The predicted molar refractivity (Wildman–Crippen MR) is 50.1 cm³/mol. The Morgan fingerprint density at radius 1 is 1.42 bits per heavy atom. The highest BCUT2D eigenvalue weighted by molar-refractivity contribution is 8.00. The van der Waals surface area contributed by atoms with Gasteiger partial charge < -0.3 is 4.74 Å². The predicted octanol–water partition coefficient (Wildman–Crippen LogP) is 1.66. The van der Waals surface area contributed by atoms with Gasteiger partial charge in [0.2, 0.25) is 0 Å². The van der Waals surface area contributed by atoms with Crippen molar-refractivity contribution in [3.63, 3.8) is 0 Å². The maximum Gasteiger partial charge on any atom is 0.120 e. The van der Waals surface area contributed by atoms with Crippen molar-refractivity contribution < 1.29 is 4.74 Å². The monoisotopic (exact) mass is 185 g/mol. The molecule has 3 atom stereocenters. The Bertz CT molecular complexity index is 213. The summed E-state index contributed by atoms with van der Waals surface area (Å²) in [5.41, 5.74) is 0.0862. The van der Waals surface area contributed by atoms with Gasteiger partial charge in [0, 0.05) is 11.8 Å². The maximum absolute atomic E-state index is 5.88. The van der Waals surface area contributed by atoms with Gasteiger partial charge in [-0.15, -0.1) is 11.8 Å². The number of ether oxygens (including phenoxy) is 1. The zero-order valence-electron chi connectivity index (χ0n) is 7.67. The molecule has 0 aliphatic carbocycles. The van der Waals surface area contributed by atoms with Crippen molar-refractivity contribution in [2.75, 3.05) is 12.4 Å². The molecule has 0 spiro atoms. The average molecular weight is 185 g/mol. The van der Waals surface area contributed by atoms with Gasteiger partial charge in [0.15, 0.2) is 0 Å². The zero-order valence-corrected chi connectivity index (χ0v) is 8.49. The minimum atomic E-state index is 0.0862. The summed E-state index contributed by atoms with van der Waals surface area (Å²) in [7, 11) is 0. The van der Waals surface area contributed by atoms with E-state index in [0.717, 1.165) is 6.61 Å². The molecule has 3 heteroatoms. The van der Waals surface area contributed by atoms with Crippen LogP contribution in [0.2, 0.25) is 0 Å². The lowest BCUT2D eigenvalue weighted by atomic mass is 10.2. The second-order valence-electron chi connectivity index (χ2n) is 4.50. The van der Waals surface area contributed by atoms with Gasteiger partial charge in [-0.2, -0.15) is 0 Å². The number of rotatable bonds is 0. The molecule has 3 saturated heterocycles. The summed E-state index contributed by atoms with van der Waals surface area (Å²) < 4.78 is 5.88. The number of nitrogens with zero attached hydrogens (tertiary/aromatic N) is 1. The average Bonchev–Trinajstić information content (AvgIpc) is 2.58.